The molecule has 0 radical (unpaired) electrons. The van der Waals surface area contributed by atoms with Crippen molar-refractivity contribution in [3.8, 4) is 0 Å². The molecule has 1 aromatic heterocycles. The number of amidine groups is 1. The number of carbonyl (C=O) groups excluding carboxylic acids is 1. The maximum atomic E-state index is 14.1. The first-order valence-electron chi connectivity index (χ1n) is 14.2. The summed E-state index contributed by atoms with van der Waals surface area (Å²) < 4.78 is 55.0. The van der Waals surface area contributed by atoms with Gasteiger partial charge in [0.15, 0.2) is 11.6 Å². The van der Waals surface area contributed by atoms with Crippen LogP contribution < -0.4 is 10.0 Å². The number of nitrogens with zero attached hydrogens (tertiary/aromatic N) is 3. The zero-order valence-electron chi connectivity index (χ0n) is 24.8. The number of aliphatic hydroxyl groups is 1. The van der Waals surface area contributed by atoms with Crippen LogP contribution in [0.4, 0.5) is 17.1 Å². The number of sulfonamides is 1. The molecule has 0 amide bonds. The Morgan fingerprint density at radius 3 is 2.57 bits per heavy atom. The Balaban J connectivity index is 1.33. The maximum absolute atomic E-state index is 14.1. The molecule has 6 N–H and O–H groups in total. The first-order chi connectivity index (χ1) is 21.6. The number of nitrogens with one attached hydrogen (secondary N) is 3. The number of rotatable bonds is 8. The lowest BCUT2D eigenvalue weighted by molar-refractivity contribution is -0.384. The Bertz CT molecular complexity index is 2120. The van der Waals surface area contributed by atoms with Gasteiger partial charge in [0.2, 0.25) is 5.16 Å². The molecule has 4 aromatic rings. The number of imidazole rings is 1. The minimum absolute atomic E-state index is 0.0587. The maximum Gasteiger partial charge on any atom is 0.295 e. The zero-order chi connectivity index (χ0) is 33.2. The number of aromatic amines is 1. The fraction of sp³-hybridized carbons (Fsp3) is 0.233. The number of non-ortho nitro benzene ring substituents is 1. The average Bonchev–Trinajstić information content (AvgIpc) is 3.44. The van der Waals surface area contributed by atoms with Crippen molar-refractivity contribution < 1.29 is 32.3 Å². The SMILES string of the molecule is CC(C)CC[C@@]1(C)C(=O)C(C2=NS(O)(O)c3cc(NS(=O)(=O)c4nc5ccc([N+](=O)[O-])cc5[nH]4)ccc3N2)=C(O)c2ccccc21. The number of ketones is 1. The van der Waals surface area contributed by atoms with Gasteiger partial charge in [-0.2, -0.15) is 8.42 Å². The molecule has 16 heteroatoms. The molecule has 6 rings (SSSR count). The van der Waals surface area contributed by atoms with E-state index in [4.69, 9.17) is 0 Å². The van der Waals surface area contributed by atoms with Crippen molar-refractivity contribution in [3.05, 3.63) is 87.5 Å². The summed E-state index contributed by atoms with van der Waals surface area (Å²) in [4.78, 5) is 31.0. The Kier molecular flexibility index (Phi) is 7.43. The summed E-state index contributed by atoms with van der Waals surface area (Å²) in [6.45, 7) is 5.91. The second kappa shape index (κ2) is 10.9. The van der Waals surface area contributed by atoms with Gasteiger partial charge < -0.3 is 15.4 Å². The summed E-state index contributed by atoms with van der Waals surface area (Å²) in [6.07, 6.45) is 1.22. The lowest BCUT2D eigenvalue weighted by Gasteiger charge is -2.39. The molecule has 0 unspecified atom stereocenters. The van der Waals surface area contributed by atoms with Gasteiger partial charge in [-0.3, -0.25) is 28.7 Å². The van der Waals surface area contributed by atoms with Gasteiger partial charge in [-0.05, 0) is 55.5 Å². The lowest BCUT2D eigenvalue weighted by atomic mass is 9.66. The number of nitro groups is 1. The minimum atomic E-state index is -4.35. The van der Waals surface area contributed by atoms with Crippen molar-refractivity contribution in [2.45, 2.75) is 49.1 Å². The second-order valence-electron chi connectivity index (χ2n) is 11.8. The Hall–Kier alpha value is -4.77. The van der Waals surface area contributed by atoms with E-state index in [-0.39, 0.29) is 50.2 Å². The van der Waals surface area contributed by atoms with Gasteiger partial charge in [0.1, 0.15) is 16.2 Å². The molecule has 1 aliphatic heterocycles. The predicted molar refractivity (Wildman–Crippen MR) is 175 cm³/mol. The highest BCUT2D eigenvalue weighted by Crippen LogP contribution is 2.57. The van der Waals surface area contributed by atoms with Crippen LogP contribution in [0.2, 0.25) is 0 Å². The zero-order valence-corrected chi connectivity index (χ0v) is 26.4. The van der Waals surface area contributed by atoms with Crippen LogP contribution >= 0.6 is 10.8 Å². The first kappa shape index (κ1) is 31.2. The molecule has 0 saturated heterocycles. The van der Waals surface area contributed by atoms with E-state index in [0.717, 1.165) is 12.5 Å². The van der Waals surface area contributed by atoms with Crippen LogP contribution in [0.25, 0.3) is 16.8 Å². The molecule has 1 atom stereocenters. The van der Waals surface area contributed by atoms with Gasteiger partial charge in [-0.15, -0.1) is 4.40 Å². The third-order valence-corrected chi connectivity index (χ3v) is 10.7. The van der Waals surface area contributed by atoms with E-state index in [1.165, 1.54) is 30.3 Å². The number of nitro benzene ring substituents is 1. The Labute approximate surface area is 265 Å². The molecule has 2 heterocycles. The van der Waals surface area contributed by atoms with Gasteiger partial charge in [-0.1, -0.05) is 48.9 Å². The van der Waals surface area contributed by atoms with Gasteiger partial charge in [0.05, 0.1) is 32.7 Å². The second-order valence-corrected chi connectivity index (χ2v) is 15.0. The monoisotopic (exact) mass is 666 g/mol. The molecule has 3 aromatic carbocycles. The minimum Gasteiger partial charge on any atom is -0.506 e. The van der Waals surface area contributed by atoms with Crippen LogP contribution in [0.3, 0.4) is 0 Å². The van der Waals surface area contributed by atoms with Crippen LogP contribution in [0.5, 0.6) is 0 Å². The quantitative estimate of drug-likeness (QED) is 0.0901. The highest BCUT2D eigenvalue weighted by molar-refractivity contribution is 8.23. The number of aliphatic hydroxyl groups excluding tert-OH is 1. The summed E-state index contributed by atoms with van der Waals surface area (Å²) in [6, 6.07) is 14.6. The van der Waals surface area contributed by atoms with Crippen LogP contribution in [-0.2, 0) is 20.2 Å². The van der Waals surface area contributed by atoms with E-state index in [9.17, 15) is 37.5 Å². The molecule has 1 aliphatic carbocycles. The third-order valence-electron chi connectivity index (χ3n) is 8.11. The first-order valence-corrected chi connectivity index (χ1v) is 17.1. The van der Waals surface area contributed by atoms with E-state index in [2.05, 4.69) is 38.3 Å². The normalized spacial score (nSPS) is 19.7. The summed E-state index contributed by atoms with van der Waals surface area (Å²) in [5.41, 5.74) is 0.0857. The summed E-state index contributed by atoms with van der Waals surface area (Å²) in [5.74, 6) is -0.670. The highest BCUT2D eigenvalue weighted by atomic mass is 32.3. The molecular formula is C30H30N6O8S2. The number of fused-ring (bicyclic) bond motifs is 3. The van der Waals surface area contributed by atoms with Crippen molar-refractivity contribution in [2.24, 2.45) is 10.3 Å². The number of hydrogen-bond acceptors (Lipinski definition) is 11. The molecule has 0 fully saturated rings. The topological polar surface area (TPSA) is 220 Å². The summed E-state index contributed by atoms with van der Waals surface area (Å²) >= 11 is 0. The fourth-order valence-electron chi connectivity index (χ4n) is 5.63. The van der Waals surface area contributed by atoms with Crippen molar-refractivity contribution in [3.63, 3.8) is 0 Å². The highest BCUT2D eigenvalue weighted by Gasteiger charge is 2.46. The van der Waals surface area contributed by atoms with Crippen molar-refractivity contribution >= 4 is 66.3 Å². The van der Waals surface area contributed by atoms with Gasteiger partial charge in [-0.25, -0.2) is 4.98 Å². The summed E-state index contributed by atoms with van der Waals surface area (Å²) in [5, 5.41) is 24.8. The Morgan fingerprint density at radius 1 is 1.11 bits per heavy atom. The van der Waals surface area contributed by atoms with E-state index < -0.39 is 42.1 Å². The molecule has 0 spiro atoms. The number of benzene rings is 3. The fourth-order valence-corrected chi connectivity index (χ4v) is 7.81. The Morgan fingerprint density at radius 2 is 1.85 bits per heavy atom. The van der Waals surface area contributed by atoms with Crippen LogP contribution in [-0.4, -0.2) is 49.1 Å². The van der Waals surface area contributed by atoms with Gasteiger partial charge >= 0.3 is 0 Å². The smallest absolute Gasteiger partial charge is 0.295 e. The largest absolute Gasteiger partial charge is 0.506 e. The third kappa shape index (κ3) is 5.28. The number of anilines is 2. The van der Waals surface area contributed by atoms with E-state index in [0.29, 0.717) is 23.5 Å². The van der Waals surface area contributed by atoms with Crippen molar-refractivity contribution in [1.29, 1.82) is 0 Å². The molecule has 0 bridgehead atoms. The number of Topliss-reactive ketones (excluding diaryl/α,β-unsaturated/α-hetero) is 1. The van der Waals surface area contributed by atoms with Crippen LogP contribution in [0.1, 0.15) is 44.7 Å². The number of aromatic nitrogens is 2. The van der Waals surface area contributed by atoms with Gasteiger partial charge in [0.25, 0.3) is 15.7 Å². The van der Waals surface area contributed by atoms with Crippen LogP contribution in [0, 0.1) is 16.0 Å². The van der Waals surface area contributed by atoms with Crippen molar-refractivity contribution in [2.75, 3.05) is 10.0 Å². The molecule has 240 valence electrons. The van der Waals surface area contributed by atoms with E-state index in [1.807, 2.05) is 0 Å². The van der Waals surface area contributed by atoms with Crippen LogP contribution in [0.15, 0.2) is 80.7 Å². The van der Waals surface area contributed by atoms with E-state index in [1.54, 1.807) is 31.2 Å². The molecule has 46 heavy (non-hydrogen) atoms. The predicted octanol–water partition coefficient (Wildman–Crippen LogP) is 6.37. The van der Waals surface area contributed by atoms with Gasteiger partial charge in [0, 0.05) is 17.7 Å². The molecule has 0 saturated carbocycles. The van der Waals surface area contributed by atoms with Crippen molar-refractivity contribution in [1.82, 2.24) is 9.97 Å². The standard InChI is InChI=1S/C30H30N6O8S2/c1-16(2)12-13-30(3)20-7-5-4-6-19(20)26(37)25(27(30)38)28-31-22-10-8-17(14-24(22)45(41,42)35-28)34-46(43,44)29-32-21-11-9-18(36(39)40)15-23(21)33-29/h4-11,14-16,34,37,41-42H,12-13H2,1-3H3,(H,31,35)(H,32,33)/t30-/m1/s1. The molecular weight excluding hydrogens is 636 g/mol. The number of carbonyl (C=O) groups is 1. The number of hydrogen-bond donors (Lipinski definition) is 6. The molecule has 2 aliphatic rings. The summed E-state index contributed by atoms with van der Waals surface area (Å²) in [7, 11) is -8.35. The number of H-pyrrole nitrogens is 1. The lowest BCUT2D eigenvalue weighted by Crippen LogP contribution is -2.42. The molecule has 14 nitrogen and oxygen atoms in total. The average molecular weight is 667 g/mol. The van der Waals surface area contributed by atoms with E-state index >= 15 is 0 Å².